The number of hydrogen-bond donors (Lipinski definition) is 1. The molecule has 0 heterocycles. The number of amides is 1. The highest BCUT2D eigenvalue weighted by Crippen LogP contribution is 2.22. The van der Waals surface area contributed by atoms with E-state index in [2.05, 4.69) is 12.2 Å². The highest BCUT2D eigenvalue weighted by molar-refractivity contribution is 6.02. The van der Waals surface area contributed by atoms with Crippen LogP contribution in [0, 0.1) is 17.0 Å². The molecular weight excluding hydrogens is 332 g/mol. The maximum atomic E-state index is 12.1. The van der Waals surface area contributed by atoms with Gasteiger partial charge in [0.15, 0.2) is 0 Å². The standard InChI is InChI=1S/C20H22N2O4/c1-3-4-13-26-18-10-6-16(7-11-18)8-12-20(23)21-19-14-17(22(24)25)9-5-15(19)2/h5-12,14H,3-4,13H2,1-2H3,(H,21,23)/b12-8+. The molecule has 2 rings (SSSR count). The van der Waals surface area contributed by atoms with Gasteiger partial charge in [0.1, 0.15) is 5.75 Å². The first-order valence-electron chi connectivity index (χ1n) is 8.46. The van der Waals surface area contributed by atoms with Gasteiger partial charge in [0.2, 0.25) is 5.91 Å². The largest absolute Gasteiger partial charge is 0.494 e. The monoisotopic (exact) mass is 354 g/mol. The van der Waals surface area contributed by atoms with E-state index >= 15 is 0 Å². The Morgan fingerprint density at radius 1 is 1.23 bits per heavy atom. The van der Waals surface area contributed by atoms with E-state index in [4.69, 9.17) is 4.74 Å². The van der Waals surface area contributed by atoms with Crippen LogP contribution in [-0.4, -0.2) is 17.4 Å². The number of anilines is 1. The summed E-state index contributed by atoms with van der Waals surface area (Å²) in [6, 6.07) is 11.8. The Morgan fingerprint density at radius 3 is 2.62 bits per heavy atom. The number of carbonyl (C=O) groups excluding carboxylic acids is 1. The highest BCUT2D eigenvalue weighted by atomic mass is 16.6. The van der Waals surface area contributed by atoms with Gasteiger partial charge in [0.05, 0.1) is 17.2 Å². The molecule has 2 aromatic rings. The highest BCUT2D eigenvalue weighted by Gasteiger charge is 2.09. The van der Waals surface area contributed by atoms with Crippen molar-refractivity contribution in [2.45, 2.75) is 26.7 Å². The number of nitro groups is 1. The van der Waals surface area contributed by atoms with Crippen LogP contribution >= 0.6 is 0 Å². The molecular formula is C20H22N2O4. The molecule has 1 N–H and O–H groups in total. The molecule has 0 aliphatic heterocycles. The third-order valence-electron chi connectivity index (χ3n) is 3.76. The van der Waals surface area contributed by atoms with Crippen LogP contribution in [0.2, 0.25) is 0 Å². The minimum absolute atomic E-state index is 0.0615. The number of ether oxygens (including phenoxy) is 1. The summed E-state index contributed by atoms with van der Waals surface area (Å²) in [7, 11) is 0. The van der Waals surface area contributed by atoms with Gasteiger partial charge >= 0.3 is 0 Å². The predicted molar refractivity (Wildman–Crippen MR) is 102 cm³/mol. The first kappa shape index (κ1) is 19.2. The van der Waals surface area contributed by atoms with Gasteiger partial charge in [-0.05, 0) is 42.7 Å². The fourth-order valence-electron chi connectivity index (χ4n) is 2.21. The van der Waals surface area contributed by atoms with Gasteiger partial charge in [-0.15, -0.1) is 0 Å². The number of benzene rings is 2. The van der Waals surface area contributed by atoms with Crippen LogP contribution in [0.1, 0.15) is 30.9 Å². The van der Waals surface area contributed by atoms with Gasteiger partial charge in [0, 0.05) is 18.2 Å². The average molecular weight is 354 g/mol. The summed E-state index contributed by atoms with van der Waals surface area (Å²) in [6.07, 6.45) is 5.17. The molecule has 0 bridgehead atoms. The molecule has 1 amide bonds. The van der Waals surface area contributed by atoms with Crippen LogP contribution < -0.4 is 10.1 Å². The van der Waals surface area contributed by atoms with Crippen molar-refractivity contribution in [1.29, 1.82) is 0 Å². The lowest BCUT2D eigenvalue weighted by Crippen LogP contribution is -2.09. The molecule has 0 saturated heterocycles. The Kier molecular flexibility index (Phi) is 6.91. The summed E-state index contributed by atoms with van der Waals surface area (Å²) in [6.45, 7) is 4.58. The summed E-state index contributed by atoms with van der Waals surface area (Å²) < 4.78 is 5.59. The quantitative estimate of drug-likeness (QED) is 0.321. The molecule has 6 heteroatoms. The van der Waals surface area contributed by atoms with Crippen LogP contribution in [0.4, 0.5) is 11.4 Å². The number of carbonyl (C=O) groups is 1. The fourth-order valence-corrected chi connectivity index (χ4v) is 2.21. The van der Waals surface area contributed by atoms with Crippen molar-refractivity contribution < 1.29 is 14.5 Å². The molecule has 136 valence electrons. The second-order valence-electron chi connectivity index (χ2n) is 5.85. The van der Waals surface area contributed by atoms with E-state index in [-0.39, 0.29) is 11.6 Å². The fraction of sp³-hybridized carbons (Fsp3) is 0.250. The summed E-state index contributed by atoms with van der Waals surface area (Å²) >= 11 is 0. The minimum Gasteiger partial charge on any atom is -0.494 e. The van der Waals surface area contributed by atoms with Crippen molar-refractivity contribution in [2.75, 3.05) is 11.9 Å². The number of nitro benzene ring substituents is 1. The minimum atomic E-state index is -0.491. The third-order valence-corrected chi connectivity index (χ3v) is 3.76. The number of rotatable bonds is 8. The van der Waals surface area contributed by atoms with Crippen LogP contribution in [0.5, 0.6) is 5.75 Å². The van der Waals surface area contributed by atoms with E-state index in [0.717, 1.165) is 29.7 Å². The normalized spacial score (nSPS) is 10.7. The van der Waals surface area contributed by atoms with Crippen molar-refractivity contribution in [3.8, 4) is 5.75 Å². The van der Waals surface area contributed by atoms with Crippen LogP contribution in [0.15, 0.2) is 48.5 Å². The van der Waals surface area contributed by atoms with E-state index in [1.807, 2.05) is 24.3 Å². The third kappa shape index (κ3) is 5.73. The van der Waals surface area contributed by atoms with Gasteiger partial charge in [-0.2, -0.15) is 0 Å². The molecule has 2 aromatic carbocycles. The molecule has 0 radical (unpaired) electrons. The maximum absolute atomic E-state index is 12.1. The molecule has 0 fully saturated rings. The van der Waals surface area contributed by atoms with Crippen molar-refractivity contribution >= 4 is 23.4 Å². The van der Waals surface area contributed by atoms with E-state index in [9.17, 15) is 14.9 Å². The van der Waals surface area contributed by atoms with Gasteiger partial charge in [-0.25, -0.2) is 0 Å². The van der Waals surface area contributed by atoms with Crippen molar-refractivity contribution in [3.63, 3.8) is 0 Å². The summed E-state index contributed by atoms with van der Waals surface area (Å²) in [5.74, 6) is 0.448. The van der Waals surface area contributed by atoms with Crippen LogP contribution in [-0.2, 0) is 4.79 Å². The van der Waals surface area contributed by atoms with Crippen molar-refractivity contribution in [2.24, 2.45) is 0 Å². The number of aryl methyl sites for hydroxylation is 1. The topological polar surface area (TPSA) is 81.5 Å². The SMILES string of the molecule is CCCCOc1ccc(/C=C/C(=O)Nc2cc([N+](=O)[O-])ccc2C)cc1. The van der Waals surface area contributed by atoms with Crippen molar-refractivity contribution in [1.82, 2.24) is 0 Å². The van der Waals surface area contributed by atoms with E-state index < -0.39 is 4.92 Å². The molecule has 0 aliphatic rings. The number of hydrogen-bond acceptors (Lipinski definition) is 4. The smallest absolute Gasteiger partial charge is 0.271 e. The summed E-state index contributed by atoms with van der Waals surface area (Å²) in [4.78, 5) is 22.4. The molecule has 0 aromatic heterocycles. The molecule has 0 spiro atoms. The summed E-state index contributed by atoms with van der Waals surface area (Å²) in [5, 5.41) is 13.5. The Morgan fingerprint density at radius 2 is 1.96 bits per heavy atom. The number of nitrogens with one attached hydrogen (secondary N) is 1. The lowest BCUT2D eigenvalue weighted by atomic mass is 10.1. The molecule has 26 heavy (non-hydrogen) atoms. The van der Waals surface area contributed by atoms with Gasteiger partial charge in [-0.3, -0.25) is 14.9 Å². The Hall–Kier alpha value is -3.15. The molecule has 0 unspecified atom stereocenters. The van der Waals surface area contributed by atoms with Gasteiger partial charge in [0.25, 0.3) is 5.69 Å². The molecule has 6 nitrogen and oxygen atoms in total. The number of unbranched alkanes of at least 4 members (excludes halogenated alkanes) is 1. The lowest BCUT2D eigenvalue weighted by molar-refractivity contribution is -0.384. The second-order valence-corrected chi connectivity index (χ2v) is 5.85. The van der Waals surface area contributed by atoms with E-state index in [0.29, 0.717) is 12.3 Å². The average Bonchev–Trinajstić information content (AvgIpc) is 2.63. The van der Waals surface area contributed by atoms with Crippen LogP contribution in [0.25, 0.3) is 6.08 Å². The zero-order chi connectivity index (χ0) is 18.9. The molecule has 0 atom stereocenters. The van der Waals surface area contributed by atoms with Crippen LogP contribution in [0.3, 0.4) is 0 Å². The van der Waals surface area contributed by atoms with Crippen molar-refractivity contribution in [3.05, 3.63) is 69.8 Å². The van der Waals surface area contributed by atoms with E-state index in [1.165, 1.54) is 18.2 Å². The first-order valence-corrected chi connectivity index (χ1v) is 8.46. The zero-order valence-corrected chi connectivity index (χ0v) is 14.9. The Labute approximate surface area is 152 Å². The Balaban J connectivity index is 1.97. The number of non-ortho nitro benzene ring substituents is 1. The predicted octanol–water partition coefficient (Wildman–Crippen LogP) is 4.73. The molecule has 0 saturated carbocycles. The molecule has 0 aliphatic carbocycles. The number of nitrogens with zero attached hydrogens (tertiary/aromatic N) is 1. The summed E-state index contributed by atoms with van der Waals surface area (Å²) in [5.41, 5.74) is 1.98. The van der Waals surface area contributed by atoms with Gasteiger partial charge < -0.3 is 10.1 Å². The Bertz CT molecular complexity index is 798. The van der Waals surface area contributed by atoms with E-state index in [1.54, 1.807) is 19.1 Å². The van der Waals surface area contributed by atoms with Gasteiger partial charge in [-0.1, -0.05) is 31.5 Å². The lowest BCUT2D eigenvalue weighted by Gasteiger charge is -2.06. The second kappa shape index (κ2) is 9.36. The maximum Gasteiger partial charge on any atom is 0.271 e. The zero-order valence-electron chi connectivity index (χ0n) is 14.9. The first-order chi connectivity index (χ1) is 12.5.